The smallest absolute Gasteiger partial charge is 0.292 e. The number of ketones is 1. The van der Waals surface area contributed by atoms with E-state index in [1.807, 2.05) is 35.0 Å². The first-order chi connectivity index (χ1) is 12.5. The average molecular weight is 351 g/mol. The summed E-state index contributed by atoms with van der Waals surface area (Å²) < 4.78 is 3.56. The van der Waals surface area contributed by atoms with E-state index in [1.54, 1.807) is 38.1 Å². The van der Waals surface area contributed by atoms with Crippen LogP contribution in [0.5, 0.6) is 0 Å². The molecule has 0 bridgehead atoms. The molecule has 0 aliphatic rings. The van der Waals surface area contributed by atoms with Crippen molar-refractivity contribution >= 4 is 11.7 Å². The van der Waals surface area contributed by atoms with Crippen LogP contribution in [0.25, 0.3) is 0 Å². The van der Waals surface area contributed by atoms with Crippen molar-refractivity contribution in [3.63, 3.8) is 0 Å². The first-order valence-electron chi connectivity index (χ1n) is 8.32. The Morgan fingerprint density at radius 1 is 1.15 bits per heavy atom. The number of rotatable bonds is 6. The Kier molecular flexibility index (Phi) is 4.97. The highest BCUT2D eigenvalue weighted by Gasteiger charge is 2.23. The number of imidazole rings is 1. The highest BCUT2D eigenvalue weighted by Crippen LogP contribution is 2.14. The van der Waals surface area contributed by atoms with Crippen LogP contribution in [-0.4, -0.2) is 31.0 Å². The summed E-state index contributed by atoms with van der Waals surface area (Å²) in [7, 11) is 1.75. The third kappa shape index (κ3) is 3.56. The van der Waals surface area contributed by atoms with Gasteiger partial charge in [0.2, 0.25) is 0 Å². The van der Waals surface area contributed by atoms with Gasteiger partial charge in [0.05, 0.1) is 17.6 Å². The topological polar surface area (TPSA) is 81.8 Å². The number of aromatic nitrogens is 4. The second-order valence-electron chi connectivity index (χ2n) is 6.18. The van der Waals surface area contributed by atoms with Gasteiger partial charge in [-0.1, -0.05) is 24.3 Å². The second-order valence-corrected chi connectivity index (χ2v) is 6.18. The Morgan fingerprint density at radius 2 is 1.88 bits per heavy atom. The molecule has 0 aliphatic carbocycles. The average Bonchev–Trinajstić information content (AvgIpc) is 3.21. The Balaban J connectivity index is 1.71. The van der Waals surface area contributed by atoms with Crippen LogP contribution in [0.3, 0.4) is 0 Å². The van der Waals surface area contributed by atoms with E-state index in [4.69, 9.17) is 0 Å². The van der Waals surface area contributed by atoms with Crippen LogP contribution in [0.2, 0.25) is 0 Å². The minimum Gasteiger partial charge on any atom is -0.345 e. The molecule has 3 rings (SSSR count). The van der Waals surface area contributed by atoms with E-state index in [0.717, 1.165) is 11.1 Å². The lowest BCUT2D eigenvalue weighted by atomic mass is 10.1. The van der Waals surface area contributed by atoms with Gasteiger partial charge in [-0.2, -0.15) is 5.10 Å². The highest BCUT2D eigenvalue weighted by atomic mass is 16.2. The Bertz CT molecular complexity index is 941. The third-order valence-corrected chi connectivity index (χ3v) is 4.41. The summed E-state index contributed by atoms with van der Waals surface area (Å²) in [6.45, 7) is 4.45. The minimum absolute atomic E-state index is 0.286. The normalized spacial score (nSPS) is 10.7. The first-order valence-corrected chi connectivity index (χ1v) is 8.32. The number of hydrogen-bond acceptors (Lipinski definition) is 4. The molecule has 3 aromatic rings. The van der Waals surface area contributed by atoms with Crippen molar-refractivity contribution in [2.24, 2.45) is 7.05 Å². The van der Waals surface area contributed by atoms with E-state index >= 15 is 0 Å². The summed E-state index contributed by atoms with van der Waals surface area (Å²) in [4.78, 5) is 28.9. The monoisotopic (exact) mass is 351 g/mol. The van der Waals surface area contributed by atoms with E-state index in [1.165, 1.54) is 0 Å². The molecule has 0 fully saturated rings. The van der Waals surface area contributed by atoms with Gasteiger partial charge in [0, 0.05) is 38.2 Å². The summed E-state index contributed by atoms with van der Waals surface area (Å²) >= 11 is 0. The van der Waals surface area contributed by atoms with Gasteiger partial charge < -0.3 is 9.88 Å². The Labute approximate surface area is 151 Å². The molecule has 1 N–H and O–H groups in total. The van der Waals surface area contributed by atoms with Crippen LogP contribution < -0.4 is 5.32 Å². The highest BCUT2D eigenvalue weighted by molar-refractivity contribution is 6.43. The molecule has 1 aromatic carbocycles. The molecule has 26 heavy (non-hydrogen) atoms. The number of benzene rings is 1. The number of hydrogen-bond donors (Lipinski definition) is 1. The largest absolute Gasteiger partial charge is 0.345 e. The van der Waals surface area contributed by atoms with E-state index in [9.17, 15) is 9.59 Å². The molecule has 7 nitrogen and oxygen atoms in total. The molecule has 0 saturated carbocycles. The van der Waals surface area contributed by atoms with Gasteiger partial charge in [0.25, 0.3) is 11.7 Å². The number of amides is 1. The van der Waals surface area contributed by atoms with Crippen molar-refractivity contribution < 1.29 is 9.59 Å². The van der Waals surface area contributed by atoms with Crippen LogP contribution >= 0.6 is 0 Å². The van der Waals surface area contributed by atoms with Gasteiger partial charge >= 0.3 is 0 Å². The molecular weight excluding hydrogens is 330 g/mol. The lowest BCUT2D eigenvalue weighted by Crippen LogP contribution is -2.31. The third-order valence-electron chi connectivity index (χ3n) is 4.41. The van der Waals surface area contributed by atoms with Crippen LogP contribution in [-0.2, 0) is 24.9 Å². The molecule has 0 unspecified atom stereocenters. The molecule has 1 amide bonds. The molecule has 0 aliphatic heterocycles. The zero-order valence-electron chi connectivity index (χ0n) is 15.1. The van der Waals surface area contributed by atoms with Crippen molar-refractivity contribution in [1.82, 2.24) is 24.6 Å². The maximum absolute atomic E-state index is 12.5. The van der Waals surface area contributed by atoms with Crippen LogP contribution in [0.4, 0.5) is 0 Å². The molecule has 0 atom stereocenters. The zero-order chi connectivity index (χ0) is 18.7. The Morgan fingerprint density at radius 3 is 2.50 bits per heavy atom. The second kappa shape index (κ2) is 7.35. The van der Waals surface area contributed by atoms with Gasteiger partial charge in [0.15, 0.2) is 0 Å². The van der Waals surface area contributed by atoms with E-state index < -0.39 is 11.7 Å². The molecule has 7 heteroatoms. The van der Waals surface area contributed by atoms with E-state index in [0.29, 0.717) is 23.5 Å². The fraction of sp³-hybridized carbons (Fsp3) is 0.263. The predicted octanol–water partition coefficient (Wildman–Crippen LogP) is 1.78. The number of nitrogens with one attached hydrogen (secondary N) is 1. The number of Topliss-reactive ketones (excluding diaryl/α,β-unsaturated/α-hetero) is 1. The van der Waals surface area contributed by atoms with Crippen molar-refractivity contribution in [3.8, 4) is 0 Å². The molecular formula is C19H21N5O2. The maximum Gasteiger partial charge on any atom is 0.292 e. The summed E-state index contributed by atoms with van der Waals surface area (Å²) in [6, 6.07) is 7.80. The van der Waals surface area contributed by atoms with Crippen molar-refractivity contribution in [3.05, 3.63) is 71.1 Å². The van der Waals surface area contributed by atoms with Gasteiger partial charge in [-0.05, 0) is 25.0 Å². The fourth-order valence-corrected chi connectivity index (χ4v) is 2.93. The SMILES string of the molecule is Cc1nn(C)c(C)c1C(=O)C(=O)NCc1ccccc1Cn1ccnc1. The molecule has 134 valence electrons. The molecule has 0 saturated heterocycles. The number of aryl methyl sites for hydroxylation is 2. The standard InChI is InChI=1S/C19H21N5O2/c1-13-17(14(2)23(3)22-13)18(25)19(26)21-10-15-6-4-5-7-16(15)11-24-9-8-20-12-24/h4-9,12H,10-11H2,1-3H3,(H,21,26). The van der Waals surface area contributed by atoms with Gasteiger partial charge in [-0.15, -0.1) is 0 Å². The molecule has 0 spiro atoms. The number of nitrogens with zero attached hydrogens (tertiary/aromatic N) is 4. The lowest BCUT2D eigenvalue weighted by molar-refractivity contribution is -0.117. The summed E-state index contributed by atoms with van der Waals surface area (Å²) in [5.41, 5.74) is 3.64. The summed E-state index contributed by atoms with van der Waals surface area (Å²) in [6.07, 6.45) is 5.35. The number of carbonyl (C=O) groups is 2. The van der Waals surface area contributed by atoms with Crippen LogP contribution in [0, 0.1) is 13.8 Å². The minimum atomic E-state index is -0.623. The fourth-order valence-electron chi connectivity index (χ4n) is 2.93. The van der Waals surface area contributed by atoms with Crippen LogP contribution in [0.1, 0.15) is 32.9 Å². The molecule has 2 aromatic heterocycles. The van der Waals surface area contributed by atoms with E-state index in [2.05, 4.69) is 15.4 Å². The van der Waals surface area contributed by atoms with Gasteiger partial charge in [-0.25, -0.2) is 4.98 Å². The van der Waals surface area contributed by atoms with Crippen LogP contribution in [0.15, 0.2) is 43.0 Å². The van der Waals surface area contributed by atoms with Gasteiger partial charge in [0.1, 0.15) is 0 Å². The first kappa shape index (κ1) is 17.6. The zero-order valence-corrected chi connectivity index (χ0v) is 15.1. The van der Waals surface area contributed by atoms with Crippen molar-refractivity contribution in [2.75, 3.05) is 0 Å². The summed E-state index contributed by atoms with van der Waals surface area (Å²) in [5, 5.41) is 6.93. The van der Waals surface area contributed by atoms with Crippen molar-refractivity contribution in [1.29, 1.82) is 0 Å². The van der Waals surface area contributed by atoms with E-state index in [-0.39, 0.29) is 6.54 Å². The maximum atomic E-state index is 12.5. The Hall–Kier alpha value is -3.22. The van der Waals surface area contributed by atoms with Crippen molar-refractivity contribution in [2.45, 2.75) is 26.9 Å². The quantitative estimate of drug-likeness (QED) is 0.542. The number of carbonyl (C=O) groups excluding carboxylic acids is 2. The molecule has 2 heterocycles. The van der Waals surface area contributed by atoms with Gasteiger partial charge in [-0.3, -0.25) is 14.3 Å². The molecule has 0 radical (unpaired) electrons. The predicted molar refractivity (Wildman–Crippen MR) is 96.6 cm³/mol. The lowest BCUT2D eigenvalue weighted by Gasteiger charge is -2.11. The summed E-state index contributed by atoms with van der Waals surface area (Å²) in [5.74, 6) is -1.18.